The van der Waals surface area contributed by atoms with Crippen molar-refractivity contribution >= 4 is 11.9 Å². The van der Waals surface area contributed by atoms with Crippen LogP contribution >= 0.6 is 0 Å². The molecule has 0 unspecified atom stereocenters. The second-order valence-electron chi connectivity index (χ2n) is 3.37. The summed E-state index contributed by atoms with van der Waals surface area (Å²) in [4.78, 5) is 20.3. The van der Waals surface area contributed by atoms with E-state index in [9.17, 15) is 9.59 Å². The highest BCUT2D eigenvalue weighted by molar-refractivity contribution is 5.66. The van der Waals surface area contributed by atoms with Crippen molar-refractivity contribution in [3.8, 4) is 0 Å². The van der Waals surface area contributed by atoms with Crippen molar-refractivity contribution in [3.05, 3.63) is 0 Å². The summed E-state index contributed by atoms with van der Waals surface area (Å²) in [6, 6.07) is 0. The Morgan fingerprint density at radius 1 is 0.800 bits per heavy atom. The predicted molar refractivity (Wildman–Crippen MR) is 54.8 cm³/mol. The molecule has 15 heavy (non-hydrogen) atoms. The highest BCUT2D eigenvalue weighted by atomic mass is 16.4. The predicted octanol–water partition coefficient (Wildman–Crippen LogP) is 1.10. The second-order valence-corrected chi connectivity index (χ2v) is 3.37. The van der Waals surface area contributed by atoms with Gasteiger partial charge in [0.1, 0.15) is 0 Å². The number of nitrogens with zero attached hydrogens (tertiary/aromatic N) is 1. The van der Waals surface area contributed by atoms with Gasteiger partial charge in [-0.05, 0) is 25.7 Å². The maximum atomic E-state index is 10.2. The molecule has 0 aliphatic rings. The Morgan fingerprint density at radius 3 is 1.53 bits per heavy atom. The molecule has 0 rings (SSSR count). The monoisotopic (exact) mass is 216 g/mol. The lowest BCUT2D eigenvalue weighted by Crippen LogP contribution is -2.09. The average Bonchev–Trinajstić information content (AvgIpc) is 2.14. The summed E-state index contributed by atoms with van der Waals surface area (Å²) in [6.07, 6.45) is 3.32. The highest BCUT2D eigenvalue weighted by Crippen LogP contribution is 1.96. The van der Waals surface area contributed by atoms with E-state index in [-0.39, 0.29) is 12.8 Å². The topological polar surface area (TPSA) is 88.7 Å². The molecule has 1 radical (unpaired) electrons. The van der Waals surface area contributed by atoms with Crippen molar-refractivity contribution in [2.24, 2.45) is 0 Å². The average molecular weight is 216 g/mol. The van der Waals surface area contributed by atoms with Crippen LogP contribution in [0.4, 0.5) is 0 Å². The van der Waals surface area contributed by atoms with Gasteiger partial charge in [-0.25, -0.2) is 5.32 Å². The van der Waals surface area contributed by atoms with Gasteiger partial charge in [0.15, 0.2) is 0 Å². The number of aliphatic carboxylic acids is 2. The fraction of sp³-hybridized carbons (Fsp3) is 0.800. The molecular formula is C10H18NO4. The summed E-state index contributed by atoms with van der Waals surface area (Å²) < 4.78 is 0. The largest absolute Gasteiger partial charge is 0.481 e. The molecule has 0 aromatic rings. The Balaban J connectivity index is 2.99. The molecule has 0 heterocycles. The molecule has 0 saturated carbocycles. The van der Waals surface area contributed by atoms with Gasteiger partial charge < -0.3 is 10.2 Å². The SMILES string of the molecule is O=C(O)CCCC[N]CCCCC(=O)O. The number of carboxylic acid groups (broad SMARTS) is 2. The van der Waals surface area contributed by atoms with Crippen molar-refractivity contribution in [3.63, 3.8) is 0 Å². The number of carboxylic acids is 2. The highest BCUT2D eigenvalue weighted by Gasteiger charge is 1.98. The summed E-state index contributed by atoms with van der Waals surface area (Å²) >= 11 is 0. The van der Waals surface area contributed by atoms with Crippen LogP contribution in [-0.2, 0) is 9.59 Å². The maximum absolute atomic E-state index is 10.2. The number of carbonyl (C=O) groups is 2. The Morgan fingerprint density at radius 2 is 1.20 bits per heavy atom. The summed E-state index contributed by atoms with van der Waals surface area (Å²) in [5.74, 6) is -1.53. The van der Waals surface area contributed by atoms with E-state index in [4.69, 9.17) is 10.2 Å². The first-order valence-corrected chi connectivity index (χ1v) is 5.20. The number of hydrogen-bond donors (Lipinski definition) is 2. The molecule has 0 bridgehead atoms. The van der Waals surface area contributed by atoms with Crippen LogP contribution in [0.3, 0.4) is 0 Å². The summed E-state index contributed by atoms with van der Waals surface area (Å²) in [5, 5.41) is 20.9. The molecule has 2 N–H and O–H groups in total. The Labute approximate surface area is 89.5 Å². The van der Waals surface area contributed by atoms with E-state index in [2.05, 4.69) is 5.32 Å². The Bertz CT molecular complexity index is 174. The van der Waals surface area contributed by atoms with Crippen LogP contribution in [0.1, 0.15) is 38.5 Å². The lowest BCUT2D eigenvalue weighted by atomic mass is 10.2. The van der Waals surface area contributed by atoms with E-state index in [1.165, 1.54) is 0 Å². The van der Waals surface area contributed by atoms with Crippen LogP contribution in [-0.4, -0.2) is 35.2 Å². The smallest absolute Gasteiger partial charge is 0.303 e. The van der Waals surface area contributed by atoms with Gasteiger partial charge in [-0.3, -0.25) is 9.59 Å². The van der Waals surface area contributed by atoms with Gasteiger partial charge >= 0.3 is 11.9 Å². The van der Waals surface area contributed by atoms with Crippen molar-refractivity contribution in [1.29, 1.82) is 0 Å². The molecule has 0 amide bonds. The minimum Gasteiger partial charge on any atom is -0.481 e. The van der Waals surface area contributed by atoms with Crippen LogP contribution in [0.2, 0.25) is 0 Å². The molecule has 0 aromatic carbocycles. The quantitative estimate of drug-likeness (QED) is 0.535. The fourth-order valence-electron chi connectivity index (χ4n) is 1.11. The van der Waals surface area contributed by atoms with E-state index < -0.39 is 11.9 Å². The third-order valence-electron chi connectivity index (χ3n) is 1.91. The van der Waals surface area contributed by atoms with Gasteiger partial charge in [-0.15, -0.1) is 0 Å². The van der Waals surface area contributed by atoms with E-state index in [1.807, 2.05) is 0 Å². The lowest BCUT2D eigenvalue weighted by Gasteiger charge is -2.00. The first-order chi connectivity index (χ1) is 7.13. The van der Waals surface area contributed by atoms with E-state index in [0.29, 0.717) is 25.9 Å². The number of unbranched alkanes of at least 4 members (excludes halogenated alkanes) is 2. The normalized spacial score (nSPS) is 10.1. The van der Waals surface area contributed by atoms with Gasteiger partial charge in [0, 0.05) is 25.9 Å². The third-order valence-corrected chi connectivity index (χ3v) is 1.91. The number of rotatable bonds is 10. The van der Waals surface area contributed by atoms with Gasteiger partial charge in [0.2, 0.25) is 0 Å². The minimum absolute atomic E-state index is 0.203. The molecule has 5 nitrogen and oxygen atoms in total. The zero-order chi connectivity index (χ0) is 11.5. The third kappa shape index (κ3) is 12.9. The standard InChI is InChI=1S/C10H18NO4/c12-9(13)5-1-3-7-11-8-4-2-6-10(14)15/h1-8H2,(H,12,13)(H,14,15). The number of hydrogen-bond acceptors (Lipinski definition) is 2. The van der Waals surface area contributed by atoms with Gasteiger partial charge in [-0.1, -0.05) is 0 Å². The second kappa shape index (κ2) is 9.45. The van der Waals surface area contributed by atoms with E-state index in [0.717, 1.165) is 12.8 Å². The molecule has 0 saturated heterocycles. The van der Waals surface area contributed by atoms with E-state index in [1.54, 1.807) is 0 Å². The summed E-state index contributed by atoms with van der Waals surface area (Å²) in [6.45, 7) is 1.36. The lowest BCUT2D eigenvalue weighted by molar-refractivity contribution is -0.138. The zero-order valence-corrected chi connectivity index (χ0v) is 8.81. The van der Waals surface area contributed by atoms with Crippen LogP contribution in [0, 0.1) is 0 Å². The maximum Gasteiger partial charge on any atom is 0.303 e. The molecule has 0 atom stereocenters. The van der Waals surface area contributed by atoms with Gasteiger partial charge in [0.25, 0.3) is 0 Å². The molecule has 0 aliphatic carbocycles. The molecule has 0 fully saturated rings. The molecule has 0 spiro atoms. The van der Waals surface area contributed by atoms with Crippen LogP contribution < -0.4 is 5.32 Å². The van der Waals surface area contributed by atoms with E-state index >= 15 is 0 Å². The fourth-order valence-corrected chi connectivity index (χ4v) is 1.11. The van der Waals surface area contributed by atoms with Gasteiger partial charge in [0.05, 0.1) is 0 Å². The van der Waals surface area contributed by atoms with Crippen molar-refractivity contribution in [1.82, 2.24) is 5.32 Å². The Kier molecular flexibility index (Phi) is 8.76. The summed E-state index contributed by atoms with van der Waals surface area (Å²) in [7, 11) is 0. The van der Waals surface area contributed by atoms with Crippen LogP contribution in [0.15, 0.2) is 0 Å². The van der Waals surface area contributed by atoms with Crippen LogP contribution in [0.25, 0.3) is 0 Å². The Hall–Kier alpha value is -1.10. The van der Waals surface area contributed by atoms with Crippen molar-refractivity contribution < 1.29 is 19.8 Å². The van der Waals surface area contributed by atoms with Gasteiger partial charge in [-0.2, -0.15) is 0 Å². The first-order valence-electron chi connectivity index (χ1n) is 5.20. The summed E-state index contributed by atoms with van der Waals surface area (Å²) in [5.41, 5.74) is 0. The zero-order valence-electron chi connectivity index (χ0n) is 8.81. The first kappa shape index (κ1) is 13.9. The van der Waals surface area contributed by atoms with Crippen molar-refractivity contribution in [2.75, 3.05) is 13.1 Å². The molecule has 5 heteroatoms. The minimum atomic E-state index is -0.767. The molecule has 87 valence electrons. The molecular weight excluding hydrogens is 198 g/mol. The molecule has 0 aromatic heterocycles. The molecule has 0 aliphatic heterocycles. The van der Waals surface area contributed by atoms with Crippen molar-refractivity contribution in [2.45, 2.75) is 38.5 Å². The van der Waals surface area contributed by atoms with Crippen LogP contribution in [0.5, 0.6) is 0 Å².